The van der Waals surface area contributed by atoms with E-state index in [0.29, 0.717) is 35.4 Å². The third kappa shape index (κ3) is 1.84. The van der Waals surface area contributed by atoms with E-state index in [1.54, 1.807) is 30.9 Å². The average molecular weight is 296 g/mol. The molecular formula is C17H16N2O3. The van der Waals surface area contributed by atoms with Crippen molar-refractivity contribution in [3.05, 3.63) is 40.6 Å². The summed E-state index contributed by atoms with van der Waals surface area (Å²) in [5, 5.41) is 19.7. The van der Waals surface area contributed by atoms with Crippen LogP contribution in [0.15, 0.2) is 24.0 Å². The highest BCUT2D eigenvalue weighted by atomic mass is 16.3. The molecule has 1 aliphatic carbocycles. The number of likely N-dealkylation sites (tertiary alicyclic amines) is 1. The lowest BCUT2D eigenvalue weighted by Gasteiger charge is -2.34. The van der Waals surface area contributed by atoms with E-state index < -0.39 is 5.41 Å². The molecule has 2 aliphatic rings. The van der Waals surface area contributed by atoms with Gasteiger partial charge in [-0.1, -0.05) is 6.07 Å². The molecule has 0 unspecified atom stereocenters. The number of hydrogen-bond donors (Lipinski definition) is 1. The topological polar surface area (TPSA) is 81.4 Å². The van der Waals surface area contributed by atoms with Crippen LogP contribution in [-0.4, -0.2) is 28.2 Å². The van der Waals surface area contributed by atoms with Crippen LogP contribution in [-0.2, 0) is 4.79 Å². The highest BCUT2D eigenvalue weighted by Gasteiger charge is 2.44. The number of benzene rings is 1. The number of amides is 1. The molecular weight excluding hydrogens is 280 g/mol. The maximum absolute atomic E-state index is 12.7. The summed E-state index contributed by atoms with van der Waals surface area (Å²) in [5.41, 5.74) is 0.592. The summed E-state index contributed by atoms with van der Waals surface area (Å²) in [7, 11) is 0. The summed E-state index contributed by atoms with van der Waals surface area (Å²) in [6, 6.07) is 6.78. The quantitative estimate of drug-likeness (QED) is 0.863. The van der Waals surface area contributed by atoms with Gasteiger partial charge in [0.15, 0.2) is 5.78 Å². The lowest BCUT2D eigenvalue weighted by atomic mass is 9.74. The highest BCUT2D eigenvalue weighted by Crippen LogP contribution is 2.43. The van der Waals surface area contributed by atoms with Crippen LogP contribution in [0.2, 0.25) is 0 Å². The molecule has 3 rings (SSSR count). The molecule has 1 aliphatic heterocycles. The van der Waals surface area contributed by atoms with Crippen molar-refractivity contribution in [3.8, 4) is 6.07 Å². The van der Waals surface area contributed by atoms with Gasteiger partial charge in [0.1, 0.15) is 5.76 Å². The van der Waals surface area contributed by atoms with Gasteiger partial charge in [-0.2, -0.15) is 5.26 Å². The first-order valence-corrected chi connectivity index (χ1v) is 7.21. The van der Waals surface area contributed by atoms with Crippen molar-refractivity contribution in [1.29, 1.82) is 5.26 Å². The van der Waals surface area contributed by atoms with Crippen LogP contribution in [0.4, 0.5) is 0 Å². The number of allylic oxidation sites excluding steroid dienone is 1. The summed E-state index contributed by atoms with van der Waals surface area (Å²) < 4.78 is 0. The Labute approximate surface area is 128 Å². The van der Waals surface area contributed by atoms with Crippen LogP contribution >= 0.6 is 0 Å². The first-order valence-electron chi connectivity index (χ1n) is 7.21. The monoisotopic (exact) mass is 296 g/mol. The van der Waals surface area contributed by atoms with Crippen molar-refractivity contribution in [2.45, 2.75) is 26.7 Å². The molecule has 0 radical (unpaired) electrons. The minimum Gasteiger partial charge on any atom is -0.509 e. The van der Waals surface area contributed by atoms with Crippen LogP contribution in [0, 0.1) is 16.7 Å². The molecule has 22 heavy (non-hydrogen) atoms. The van der Waals surface area contributed by atoms with E-state index in [2.05, 4.69) is 0 Å². The van der Waals surface area contributed by atoms with E-state index >= 15 is 0 Å². The number of aliphatic hydroxyl groups excluding tert-OH is 1. The van der Waals surface area contributed by atoms with Crippen LogP contribution in [0.5, 0.6) is 0 Å². The third-order valence-corrected chi connectivity index (χ3v) is 4.38. The Hall–Kier alpha value is -2.61. The Morgan fingerprint density at radius 3 is 2.59 bits per heavy atom. The molecule has 112 valence electrons. The van der Waals surface area contributed by atoms with Gasteiger partial charge in [0.25, 0.3) is 0 Å². The second-order valence-corrected chi connectivity index (χ2v) is 6.17. The van der Waals surface area contributed by atoms with Gasteiger partial charge in [-0.05, 0) is 32.4 Å². The van der Waals surface area contributed by atoms with Gasteiger partial charge in [0, 0.05) is 24.1 Å². The van der Waals surface area contributed by atoms with Crippen molar-refractivity contribution in [1.82, 2.24) is 4.90 Å². The van der Waals surface area contributed by atoms with Crippen LogP contribution in [0.25, 0.3) is 5.70 Å². The van der Waals surface area contributed by atoms with Crippen molar-refractivity contribution in [2.75, 3.05) is 6.54 Å². The van der Waals surface area contributed by atoms with E-state index in [4.69, 9.17) is 5.26 Å². The predicted molar refractivity (Wildman–Crippen MR) is 79.8 cm³/mol. The van der Waals surface area contributed by atoms with E-state index in [1.807, 2.05) is 6.07 Å². The number of ketones is 1. The Balaban J connectivity index is 2.28. The lowest BCUT2D eigenvalue weighted by Crippen LogP contribution is -2.37. The second kappa shape index (κ2) is 4.70. The number of nitriles is 1. The van der Waals surface area contributed by atoms with E-state index in [-0.39, 0.29) is 17.4 Å². The van der Waals surface area contributed by atoms with Gasteiger partial charge >= 0.3 is 0 Å². The Bertz CT molecular complexity index is 769. The maximum Gasteiger partial charge on any atom is 0.227 e. The Kier molecular flexibility index (Phi) is 3.06. The number of hydrogen-bond acceptors (Lipinski definition) is 4. The second-order valence-electron chi connectivity index (χ2n) is 6.17. The third-order valence-electron chi connectivity index (χ3n) is 4.38. The smallest absolute Gasteiger partial charge is 0.227 e. The number of rotatable bonds is 1. The maximum atomic E-state index is 12.7. The Morgan fingerprint density at radius 1 is 1.27 bits per heavy atom. The predicted octanol–water partition coefficient (Wildman–Crippen LogP) is 2.63. The first-order chi connectivity index (χ1) is 10.4. The minimum atomic E-state index is -1.11. The van der Waals surface area contributed by atoms with Crippen molar-refractivity contribution in [2.24, 2.45) is 5.41 Å². The fourth-order valence-corrected chi connectivity index (χ4v) is 3.03. The van der Waals surface area contributed by atoms with Crippen LogP contribution in [0.3, 0.4) is 0 Å². The number of Topliss-reactive ketones (excluding diaryl/α,β-unsaturated/α-hetero) is 1. The number of nitrogens with zero attached hydrogens (tertiary/aromatic N) is 2. The van der Waals surface area contributed by atoms with Crippen molar-refractivity contribution in [3.63, 3.8) is 0 Å². The summed E-state index contributed by atoms with van der Waals surface area (Å²) in [6.45, 7) is 3.79. The molecule has 1 aromatic carbocycles. The van der Waals surface area contributed by atoms with Gasteiger partial charge < -0.3 is 10.0 Å². The summed E-state index contributed by atoms with van der Waals surface area (Å²) in [4.78, 5) is 26.3. The SMILES string of the molecule is CC1(C)C(=O)c2cc(C#N)ccc2C(N2CCCC2=O)=C1O. The van der Waals surface area contributed by atoms with E-state index in [0.717, 1.165) is 6.42 Å². The molecule has 1 saturated heterocycles. The number of carbonyl (C=O) groups is 2. The molecule has 1 fully saturated rings. The summed E-state index contributed by atoms with van der Waals surface area (Å²) in [5.74, 6) is -0.375. The molecule has 0 spiro atoms. The van der Waals surface area contributed by atoms with Gasteiger partial charge in [-0.15, -0.1) is 0 Å². The molecule has 1 N–H and O–H groups in total. The van der Waals surface area contributed by atoms with Crippen molar-refractivity contribution >= 4 is 17.4 Å². The van der Waals surface area contributed by atoms with Gasteiger partial charge in [0.2, 0.25) is 5.91 Å². The summed E-state index contributed by atoms with van der Waals surface area (Å²) in [6.07, 6.45) is 1.17. The van der Waals surface area contributed by atoms with Crippen LogP contribution in [0.1, 0.15) is 48.2 Å². The fraction of sp³-hybridized carbons (Fsp3) is 0.353. The average Bonchev–Trinajstić information content (AvgIpc) is 2.92. The largest absolute Gasteiger partial charge is 0.509 e. The minimum absolute atomic E-state index is 0.0537. The molecule has 5 heteroatoms. The van der Waals surface area contributed by atoms with Crippen molar-refractivity contribution < 1.29 is 14.7 Å². The van der Waals surface area contributed by atoms with E-state index in [9.17, 15) is 14.7 Å². The molecule has 5 nitrogen and oxygen atoms in total. The number of aliphatic hydroxyl groups is 1. The lowest BCUT2D eigenvalue weighted by molar-refractivity contribution is -0.125. The summed E-state index contributed by atoms with van der Waals surface area (Å²) >= 11 is 0. The Morgan fingerprint density at radius 2 is 2.00 bits per heavy atom. The van der Waals surface area contributed by atoms with Gasteiger partial charge in [0.05, 0.1) is 22.7 Å². The molecule has 0 saturated carbocycles. The molecule has 1 aromatic rings. The first kappa shape index (κ1) is 14.3. The molecule has 1 amide bonds. The number of fused-ring (bicyclic) bond motifs is 1. The van der Waals surface area contributed by atoms with Gasteiger partial charge in [-0.25, -0.2) is 0 Å². The zero-order chi connectivity index (χ0) is 16.1. The van der Waals surface area contributed by atoms with E-state index in [1.165, 1.54) is 6.07 Å². The standard InChI is InChI=1S/C17H16N2O3/c1-17(2)15(21)12-8-10(9-18)5-6-11(12)14(16(17)22)19-7-3-4-13(19)20/h5-6,8,22H,3-4,7H2,1-2H3. The number of carbonyl (C=O) groups excluding carboxylic acids is 2. The highest BCUT2D eigenvalue weighted by molar-refractivity contribution is 6.10. The molecule has 0 bridgehead atoms. The zero-order valence-corrected chi connectivity index (χ0v) is 12.5. The molecule has 1 heterocycles. The van der Waals surface area contributed by atoms with Gasteiger partial charge in [-0.3, -0.25) is 9.59 Å². The fourth-order valence-electron chi connectivity index (χ4n) is 3.03. The molecule has 0 atom stereocenters. The zero-order valence-electron chi connectivity index (χ0n) is 12.5. The van der Waals surface area contributed by atoms with Crippen LogP contribution < -0.4 is 0 Å². The molecule has 0 aromatic heterocycles. The normalized spacial score (nSPS) is 20.1.